The summed E-state index contributed by atoms with van der Waals surface area (Å²) in [6.45, 7) is 5.90. The molecular weight excluding hydrogens is 304 g/mol. The Morgan fingerprint density at radius 1 is 1.52 bits per heavy atom. The van der Waals surface area contributed by atoms with Crippen LogP contribution in [0.5, 0.6) is 0 Å². The highest BCUT2D eigenvalue weighted by molar-refractivity contribution is 7.98. The van der Waals surface area contributed by atoms with E-state index in [9.17, 15) is 4.79 Å². The lowest BCUT2D eigenvalue weighted by atomic mass is 10.1. The van der Waals surface area contributed by atoms with E-state index in [2.05, 4.69) is 19.2 Å². The molecule has 1 fully saturated rings. The first-order chi connectivity index (χ1) is 10.0. The second-order valence-corrected chi connectivity index (χ2v) is 6.98. The summed E-state index contributed by atoms with van der Waals surface area (Å²) in [5.41, 5.74) is 0.607. The molecule has 1 aromatic rings. The van der Waals surface area contributed by atoms with Gasteiger partial charge in [-0.3, -0.25) is 4.79 Å². The van der Waals surface area contributed by atoms with Crippen molar-refractivity contribution in [1.82, 2.24) is 10.2 Å². The van der Waals surface area contributed by atoms with Gasteiger partial charge in [-0.15, -0.1) is 11.8 Å². The average molecular weight is 327 g/mol. The van der Waals surface area contributed by atoms with Crippen molar-refractivity contribution in [3.8, 4) is 0 Å². The van der Waals surface area contributed by atoms with Crippen LogP contribution in [0.2, 0.25) is 5.02 Å². The highest BCUT2D eigenvalue weighted by atomic mass is 35.5. The van der Waals surface area contributed by atoms with Crippen molar-refractivity contribution in [3.05, 3.63) is 28.8 Å². The summed E-state index contributed by atoms with van der Waals surface area (Å²) < 4.78 is 0. The molecule has 0 radical (unpaired) electrons. The Bertz CT molecular complexity index is 501. The van der Waals surface area contributed by atoms with E-state index < -0.39 is 0 Å². The monoisotopic (exact) mass is 326 g/mol. The van der Waals surface area contributed by atoms with Crippen LogP contribution in [0.3, 0.4) is 0 Å². The minimum Gasteiger partial charge on any atom is -0.335 e. The van der Waals surface area contributed by atoms with Gasteiger partial charge in [0.15, 0.2) is 0 Å². The van der Waals surface area contributed by atoms with Crippen LogP contribution in [0.25, 0.3) is 0 Å². The van der Waals surface area contributed by atoms with Crippen molar-refractivity contribution >= 4 is 29.3 Å². The molecular formula is C16H23ClN2OS. The topological polar surface area (TPSA) is 32.3 Å². The molecule has 0 bridgehead atoms. The number of halogens is 1. The first kappa shape index (κ1) is 16.7. The van der Waals surface area contributed by atoms with Gasteiger partial charge < -0.3 is 10.2 Å². The molecule has 1 heterocycles. The maximum absolute atomic E-state index is 12.9. The number of nitrogens with one attached hydrogen (secondary N) is 1. The van der Waals surface area contributed by atoms with Gasteiger partial charge in [-0.05, 0) is 57.7 Å². The SMILES string of the molecule is CSc1ccc(Cl)c(C(=O)N(CC2CCCN2)C(C)C)c1. The largest absolute Gasteiger partial charge is 0.335 e. The Kier molecular flexibility index (Phi) is 5.97. The Morgan fingerprint density at radius 3 is 2.86 bits per heavy atom. The van der Waals surface area contributed by atoms with E-state index in [1.54, 1.807) is 11.8 Å². The summed E-state index contributed by atoms with van der Waals surface area (Å²) in [4.78, 5) is 15.9. The lowest BCUT2D eigenvalue weighted by Gasteiger charge is -2.30. The molecule has 1 atom stereocenters. The molecule has 21 heavy (non-hydrogen) atoms. The molecule has 1 N–H and O–H groups in total. The lowest BCUT2D eigenvalue weighted by molar-refractivity contribution is 0.0689. The number of thioether (sulfide) groups is 1. The number of amides is 1. The summed E-state index contributed by atoms with van der Waals surface area (Å²) >= 11 is 7.86. The van der Waals surface area contributed by atoms with Gasteiger partial charge in [0.05, 0.1) is 10.6 Å². The van der Waals surface area contributed by atoms with E-state index in [-0.39, 0.29) is 11.9 Å². The Morgan fingerprint density at radius 2 is 2.29 bits per heavy atom. The summed E-state index contributed by atoms with van der Waals surface area (Å²) in [5, 5.41) is 3.98. The zero-order valence-corrected chi connectivity index (χ0v) is 14.4. The maximum Gasteiger partial charge on any atom is 0.255 e. The molecule has 1 aliphatic heterocycles. The van der Waals surface area contributed by atoms with Crippen LogP contribution in [0.15, 0.2) is 23.1 Å². The number of carbonyl (C=O) groups excluding carboxylic acids is 1. The maximum atomic E-state index is 12.9. The zero-order chi connectivity index (χ0) is 15.4. The summed E-state index contributed by atoms with van der Waals surface area (Å²) in [7, 11) is 0. The third-order valence-electron chi connectivity index (χ3n) is 3.87. The second-order valence-electron chi connectivity index (χ2n) is 5.69. The Balaban J connectivity index is 2.21. The molecule has 5 heteroatoms. The van der Waals surface area contributed by atoms with Crippen molar-refractivity contribution in [3.63, 3.8) is 0 Å². The minimum atomic E-state index is 0.0274. The van der Waals surface area contributed by atoms with E-state index in [0.29, 0.717) is 16.6 Å². The number of nitrogens with zero attached hydrogens (tertiary/aromatic N) is 1. The quantitative estimate of drug-likeness (QED) is 0.838. The smallest absolute Gasteiger partial charge is 0.255 e. The standard InChI is InChI=1S/C16H23ClN2OS/c1-11(2)19(10-12-5-4-8-18-12)16(20)14-9-13(21-3)6-7-15(14)17/h6-7,9,11-12,18H,4-5,8,10H2,1-3H3. The fraction of sp³-hybridized carbons (Fsp3) is 0.562. The van der Waals surface area contributed by atoms with E-state index in [0.717, 1.165) is 24.4 Å². The van der Waals surface area contributed by atoms with E-state index in [1.165, 1.54) is 6.42 Å². The average Bonchev–Trinajstić information content (AvgIpc) is 2.97. The Labute approximate surface area is 136 Å². The predicted octanol–water partition coefficient (Wildman–Crippen LogP) is 3.66. The highest BCUT2D eigenvalue weighted by Gasteiger charge is 2.25. The normalized spacial score (nSPS) is 18.2. The molecule has 1 aliphatic rings. The van der Waals surface area contributed by atoms with E-state index in [4.69, 9.17) is 11.6 Å². The summed E-state index contributed by atoms with van der Waals surface area (Å²) in [6, 6.07) is 6.22. The van der Waals surface area contributed by atoms with Crippen LogP contribution in [0, 0.1) is 0 Å². The number of rotatable bonds is 5. The van der Waals surface area contributed by atoms with Gasteiger partial charge in [-0.2, -0.15) is 0 Å². The zero-order valence-electron chi connectivity index (χ0n) is 12.9. The van der Waals surface area contributed by atoms with Gasteiger partial charge in [-0.1, -0.05) is 11.6 Å². The van der Waals surface area contributed by atoms with Gasteiger partial charge in [-0.25, -0.2) is 0 Å². The molecule has 1 amide bonds. The predicted molar refractivity (Wildman–Crippen MR) is 90.4 cm³/mol. The molecule has 2 rings (SSSR count). The first-order valence-corrected chi connectivity index (χ1v) is 9.01. The van der Waals surface area contributed by atoms with Gasteiger partial charge in [0, 0.05) is 23.5 Å². The number of hydrogen-bond donors (Lipinski definition) is 1. The van der Waals surface area contributed by atoms with Crippen LogP contribution < -0.4 is 5.32 Å². The minimum absolute atomic E-state index is 0.0274. The molecule has 1 saturated heterocycles. The van der Waals surface area contributed by atoms with Crippen LogP contribution >= 0.6 is 23.4 Å². The molecule has 3 nitrogen and oxygen atoms in total. The molecule has 0 aromatic heterocycles. The lowest BCUT2D eigenvalue weighted by Crippen LogP contribution is -2.44. The van der Waals surface area contributed by atoms with Crippen LogP contribution in [-0.4, -0.2) is 42.2 Å². The summed E-state index contributed by atoms with van der Waals surface area (Å²) in [6.07, 6.45) is 4.32. The van der Waals surface area contributed by atoms with E-state index in [1.807, 2.05) is 29.4 Å². The van der Waals surface area contributed by atoms with Crippen molar-refractivity contribution in [2.75, 3.05) is 19.3 Å². The molecule has 0 saturated carbocycles. The first-order valence-electron chi connectivity index (χ1n) is 7.40. The van der Waals surface area contributed by atoms with Gasteiger partial charge in [0.2, 0.25) is 0 Å². The van der Waals surface area contributed by atoms with Crippen LogP contribution in [0.1, 0.15) is 37.0 Å². The Hall–Kier alpha value is -0.710. The third-order valence-corrected chi connectivity index (χ3v) is 4.92. The molecule has 0 aliphatic carbocycles. The van der Waals surface area contributed by atoms with Crippen LogP contribution in [0.4, 0.5) is 0 Å². The van der Waals surface area contributed by atoms with Crippen molar-refractivity contribution in [2.24, 2.45) is 0 Å². The number of benzene rings is 1. The number of hydrogen-bond acceptors (Lipinski definition) is 3. The van der Waals surface area contributed by atoms with Crippen LogP contribution in [-0.2, 0) is 0 Å². The highest BCUT2D eigenvalue weighted by Crippen LogP contribution is 2.25. The van der Waals surface area contributed by atoms with Gasteiger partial charge in [0.1, 0.15) is 0 Å². The van der Waals surface area contributed by atoms with Crippen molar-refractivity contribution in [1.29, 1.82) is 0 Å². The molecule has 116 valence electrons. The molecule has 1 aromatic carbocycles. The molecule has 0 spiro atoms. The van der Waals surface area contributed by atoms with Gasteiger partial charge in [0.25, 0.3) is 5.91 Å². The van der Waals surface area contributed by atoms with Crippen molar-refractivity contribution in [2.45, 2.75) is 43.7 Å². The second kappa shape index (κ2) is 7.52. The van der Waals surface area contributed by atoms with Gasteiger partial charge >= 0.3 is 0 Å². The summed E-state index contributed by atoms with van der Waals surface area (Å²) in [5.74, 6) is 0.0274. The molecule has 1 unspecified atom stereocenters. The van der Waals surface area contributed by atoms with Crippen molar-refractivity contribution < 1.29 is 4.79 Å². The fourth-order valence-corrected chi connectivity index (χ4v) is 3.27. The number of carbonyl (C=O) groups is 1. The van der Waals surface area contributed by atoms with E-state index >= 15 is 0 Å². The third kappa shape index (κ3) is 4.15. The fourth-order valence-electron chi connectivity index (χ4n) is 2.63.